The number of aromatic hydroxyl groups is 2. The summed E-state index contributed by atoms with van der Waals surface area (Å²) in [4.78, 5) is 191. The minimum Gasteiger partial charge on any atom is -0.508 e. The molecule has 740 valence electrons. The Labute approximate surface area is 785 Å². The molecule has 43 nitrogen and oxygen atoms in total. The molecule has 7 aromatic rings. The molecule has 0 saturated heterocycles. The lowest BCUT2D eigenvalue weighted by atomic mass is 10.1. The van der Waals surface area contributed by atoms with Gasteiger partial charge in [0.1, 0.15) is 120 Å². The molecule has 0 spiro atoms. The van der Waals surface area contributed by atoms with Crippen molar-refractivity contribution in [2.45, 2.75) is 128 Å². The third-order valence-corrected chi connectivity index (χ3v) is 20.5. The van der Waals surface area contributed by atoms with Gasteiger partial charge in [0.15, 0.2) is 0 Å². The maximum atomic E-state index is 12.4. The lowest BCUT2D eigenvalue weighted by Crippen LogP contribution is -2.54. The van der Waals surface area contributed by atoms with Gasteiger partial charge >= 0.3 is 94.7 Å². The Hall–Kier alpha value is -13.6. The average molecular weight is 1950 g/mol. The van der Waals surface area contributed by atoms with Gasteiger partial charge in [-0.15, -0.1) is 6.58 Å². The van der Waals surface area contributed by atoms with E-state index in [0.29, 0.717) is 53.9 Å². The average Bonchev–Trinajstić information content (AvgIpc) is 0.785. The van der Waals surface area contributed by atoms with Crippen LogP contribution in [0.15, 0.2) is 160 Å². The van der Waals surface area contributed by atoms with Gasteiger partial charge in [0.2, 0.25) is 0 Å². The van der Waals surface area contributed by atoms with Crippen LogP contribution < -0.4 is 21.8 Å². The number of hydrogen-bond donors (Lipinski definition) is 10. The second-order valence-electron chi connectivity index (χ2n) is 28.6. The summed E-state index contributed by atoms with van der Waals surface area (Å²) in [7, 11) is 7.94. The van der Waals surface area contributed by atoms with Crippen molar-refractivity contribution in [1.29, 1.82) is 0 Å². The van der Waals surface area contributed by atoms with Crippen LogP contribution in [0.1, 0.15) is 180 Å². The van der Waals surface area contributed by atoms with Gasteiger partial charge in [0, 0.05) is 24.6 Å². The van der Waals surface area contributed by atoms with E-state index in [9.17, 15) is 128 Å². The number of esters is 13. The van der Waals surface area contributed by atoms with Crippen LogP contribution >= 0.6 is 21.6 Å². The lowest BCUT2D eigenvalue weighted by Gasteiger charge is -2.15. The summed E-state index contributed by atoms with van der Waals surface area (Å²) >= 11 is 0. The van der Waals surface area contributed by atoms with Gasteiger partial charge in [0.05, 0.1) is 127 Å². The number of phenols is 2. The number of methoxy groups -OCH3 is 3. The molecule has 1 aromatic heterocycles. The van der Waals surface area contributed by atoms with Gasteiger partial charge in [-0.25, -0.2) is 80.8 Å². The van der Waals surface area contributed by atoms with Crippen molar-refractivity contribution in [3.63, 3.8) is 0 Å². The Morgan fingerprint density at radius 3 is 0.904 bits per heavy atom. The fourth-order valence-corrected chi connectivity index (χ4v) is 12.0. The zero-order chi connectivity index (χ0) is 101. The summed E-state index contributed by atoms with van der Waals surface area (Å²) in [6.07, 6.45) is -4.69. The maximum Gasteiger partial charge on any atom is 0.342 e. The molecule has 0 amide bonds. The summed E-state index contributed by atoms with van der Waals surface area (Å²) in [5, 5.41) is 97.2. The molecular formula is C91H109N3O40S2. The minimum absolute atomic E-state index is 0.0632. The number of allylic oxidation sites excluding steroid dienone is 1. The SMILES string of the molecule is C=CCn1c(=O)n(C)c(=O)n(CC(O)COC(=O)c2ccc(C(=O)OCC(O)CC)cc2)c1=O.CCC(O)COC(=O)c1ccc(C(=O)OCC(O)COC(=O)CCSSCCC(=O)OC)cc1.CCC(O)COC(=O)c1ccc(C(=O)OCC(O)COC(=O)c2cc(O)cc(C(=O)OC)c2)cc1.CCC(O)COC(=O)c1ccc(C(=O)OCC(O)COC(=O)c2ccc(OC)cc2O)cc1. The summed E-state index contributed by atoms with van der Waals surface area (Å²) in [5.41, 5.74) is -1.72. The van der Waals surface area contributed by atoms with Gasteiger partial charge in [-0.05, 0) is 153 Å². The normalized spacial score (nSPS) is 12.4. The Morgan fingerprint density at radius 2 is 0.610 bits per heavy atom. The van der Waals surface area contributed by atoms with Crippen LogP contribution in [0.5, 0.6) is 17.2 Å². The Balaban J connectivity index is 0.000000379. The number of aliphatic hydroxyl groups is 8. The van der Waals surface area contributed by atoms with Crippen LogP contribution in [-0.2, 0) is 91.3 Å². The zero-order valence-corrected chi connectivity index (χ0v) is 77.0. The van der Waals surface area contributed by atoms with Crippen LogP contribution in [0.3, 0.4) is 0 Å². The minimum atomic E-state index is -1.41. The molecule has 8 atom stereocenters. The Bertz CT molecular complexity index is 5290. The monoisotopic (exact) mass is 1950 g/mol. The number of benzene rings is 6. The molecule has 0 aliphatic heterocycles. The molecule has 7 rings (SSSR count). The Morgan fingerprint density at radius 1 is 0.331 bits per heavy atom. The fourth-order valence-electron chi connectivity index (χ4n) is 10.1. The van der Waals surface area contributed by atoms with Gasteiger partial charge in [-0.3, -0.25) is 9.59 Å². The number of aliphatic hydroxyl groups excluding tert-OH is 8. The van der Waals surface area contributed by atoms with Gasteiger partial charge in [-0.2, -0.15) is 0 Å². The van der Waals surface area contributed by atoms with Crippen LogP contribution in [0, 0.1) is 0 Å². The van der Waals surface area contributed by atoms with E-state index in [1.807, 2.05) is 0 Å². The quantitative estimate of drug-likeness (QED) is 0.00838. The van der Waals surface area contributed by atoms with Gasteiger partial charge in [0.25, 0.3) is 0 Å². The van der Waals surface area contributed by atoms with Crippen molar-refractivity contribution in [2.24, 2.45) is 7.05 Å². The number of aromatic nitrogens is 3. The van der Waals surface area contributed by atoms with E-state index < -0.39 is 177 Å². The van der Waals surface area contributed by atoms with Crippen LogP contribution in [0.4, 0.5) is 0 Å². The first kappa shape index (κ1) is 115. The number of ether oxygens (including phenoxy) is 14. The summed E-state index contributed by atoms with van der Waals surface area (Å²) in [6, 6.07) is 29.1. The van der Waals surface area contributed by atoms with E-state index >= 15 is 0 Å². The standard InChI is InChI=1S/C24H26O11.C23H26O10.C22H27N3O9.C22H30O10S2/c1-3-18(25)11-33-22(29)14-4-6-15(7-5-14)23(30)34-12-20(27)13-35-24(31)17-8-16(21(28)32-2)9-19(26)10-17;1-3-16(24)11-31-21(27)14-4-6-15(7-5-14)22(28)32-12-17(25)13-33-23(29)19-9-8-18(30-2)10-20(19)26;1-4-10-24-20(30)23(3)21(31)25(22(24)32)11-17(27)13-34-19(29)15-8-6-14(7-9-15)18(28)33-12-16(26)5-2;1-3-17(23)12-31-21(27)15-4-6-16(7-5-15)22(28)32-14-18(24)13-30-20(26)9-11-34-33-10-8-19(25)29-2/h4-10,18,20,25-27H,3,11-13H2,1-2H3;4-10,16-17,24-26H,3,11-13H2,1-2H3;4,6-9,16-17,26-27H,1,5,10-13H2,2-3H3;4-7,17-18,23-24H,3,8-14H2,1-2H3. The van der Waals surface area contributed by atoms with Crippen LogP contribution in [-0.4, -0.2) is 297 Å². The van der Waals surface area contributed by atoms with Gasteiger partial charge in [-0.1, -0.05) is 55.4 Å². The molecule has 0 radical (unpaired) electrons. The third-order valence-electron chi connectivity index (χ3n) is 18.1. The zero-order valence-electron chi connectivity index (χ0n) is 75.3. The highest BCUT2D eigenvalue weighted by Crippen LogP contribution is 2.26. The molecule has 8 unspecified atom stereocenters. The highest BCUT2D eigenvalue weighted by molar-refractivity contribution is 8.76. The highest BCUT2D eigenvalue weighted by atomic mass is 33.1. The predicted octanol–water partition coefficient (Wildman–Crippen LogP) is 4.23. The molecule has 0 aliphatic carbocycles. The second-order valence-corrected chi connectivity index (χ2v) is 31.3. The summed E-state index contributed by atoms with van der Waals surface area (Å²) in [6.45, 7) is 6.16. The predicted molar refractivity (Wildman–Crippen MR) is 479 cm³/mol. The number of hydrogen-bond acceptors (Lipinski definition) is 42. The van der Waals surface area contributed by atoms with E-state index in [1.54, 1.807) is 27.7 Å². The summed E-state index contributed by atoms with van der Waals surface area (Å²) in [5.74, 6) is -8.25. The first-order valence-electron chi connectivity index (χ1n) is 41.6. The third kappa shape index (κ3) is 41.1. The maximum absolute atomic E-state index is 12.4. The fraction of sp³-hybridized carbons (Fsp3) is 0.407. The molecule has 0 bridgehead atoms. The van der Waals surface area contributed by atoms with Crippen molar-refractivity contribution in [1.82, 2.24) is 13.7 Å². The molecule has 45 heteroatoms. The Kier molecular flexibility index (Phi) is 51.7. The summed E-state index contributed by atoms with van der Waals surface area (Å²) < 4.78 is 70.8. The van der Waals surface area contributed by atoms with E-state index in [4.69, 9.17) is 56.8 Å². The molecule has 0 saturated carbocycles. The molecule has 136 heavy (non-hydrogen) atoms. The first-order valence-corrected chi connectivity index (χ1v) is 44.1. The van der Waals surface area contributed by atoms with E-state index in [2.05, 4.69) is 16.1 Å². The van der Waals surface area contributed by atoms with Crippen molar-refractivity contribution in [2.75, 3.05) is 106 Å². The van der Waals surface area contributed by atoms with Crippen molar-refractivity contribution in [3.8, 4) is 17.2 Å². The topological polar surface area (TPSA) is 619 Å². The number of carbonyl (C=O) groups excluding carboxylic acids is 13. The van der Waals surface area contributed by atoms with Crippen molar-refractivity contribution >= 4 is 99.2 Å². The molecular weight excluding hydrogens is 1840 g/mol. The smallest absolute Gasteiger partial charge is 0.342 e. The van der Waals surface area contributed by atoms with Crippen molar-refractivity contribution < 1.29 is 180 Å². The van der Waals surface area contributed by atoms with E-state index in [-0.39, 0.29) is 131 Å². The number of carbonyl (C=O) groups is 13. The molecule has 6 aromatic carbocycles. The number of nitrogens with zero attached hydrogens (tertiary/aromatic N) is 3. The van der Waals surface area contributed by atoms with E-state index in [0.717, 1.165) is 34.4 Å². The number of phenolic OH excluding ortho intramolecular Hbond substituents is 2. The first-order chi connectivity index (χ1) is 64.7. The lowest BCUT2D eigenvalue weighted by molar-refractivity contribution is -0.146. The second kappa shape index (κ2) is 61.3. The van der Waals surface area contributed by atoms with Crippen molar-refractivity contribution in [3.05, 3.63) is 239 Å². The van der Waals surface area contributed by atoms with Crippen LogP contribution in [0.2, 0.25) is 0 Å². The van der Waals surface area contributed by atoms with E-state index in [1.165, 1.54) is 164 Å². The molecule has 0 fully saturated rings. The van der Waals surface area contributed by atoms with Crippen LogP contribution in [0.25, 0.3) is 0 Å². The largest absolute Gasteiger partial charge is 0.508 e. The van der Waals surface area contributed by atoms with Gasteiger partial charge < -0.3 is 117 Å². The highest BCUT2D eigenvalue weighted by Gasteiger charge is 2.25. The number of rotatable bonds is 49. The molecule has 0 aliphatic rings. The molecule has 10 N–H and O–H groups in total. The molecule has 1 heterocycles.